The molecule has 0 radical (unpaired) electrons. The molecular weight excluding hydrogens is 280 g/mol. The van der Waals surface area contributed by atoms with Gasteiger partial charge in [-0.15, -0.1) is 11.3 Å². The van der Waals surface area contributed by atoms with Crippen molar-refractivity contribution < 1.29 is 4.74 Å². The van der Waals surface area contributed by atoms with E-state index in [0.29, 0.717) is 0 Å². The van der Waals surface area contributed by atoms with Crippen molar-refractivity contribution in [2.45, 2.75) is 69.7 Å². The van der Waals surface area contributed by atoms with Crippen LogP contribution in [-0.4, -0.2) is 25.2 Å². The Morgan fingerprint density at radius 2 is 1.86 bits per heavy atom. The second-order valence-electron chi connectivity index (χ2n) is 6.51. The number of fused-ring (bicyclic) bond motifs is 1. The lowest BCUT2D eigenvalue weighted by molar-refractivity contribution is 0.171. The number of rotatable bonds is 5. The van der Waals surface area contributed by atoms with Crippen molar-refractivity contribution in [3.8, 4) is 0 Å². The van der Waals surface area contributed by atoms with Gasteiger partial charge in [-0.1, -0.05) is 32.1 Å². The van der Waals surface area contributed by atoms with Gasteiger partial charge in [-0.2, -0.15) is 0 Å². The lowest BCUT2D eigenvalue weighted by Gasteiger charge is -2.35. The summed E-state index contributed by atoms with van der Waals surface area (Å²) in [5.74, 6) is 0. The van der Waals surface area contributed by atoms with Gasteiger partial charge >= 0.3 is 0 Å². The molecule has 0 amide bonds. The van der Waals surface area contributed by atoms with Crippen LogP contribution < -0.4 is 5.32 Å². The Kier molecular flexibility index (Phi) is 5.30. The minimum absolute atomic E-state index is 0.119. The molecule has 4 heteroatoms. The number of nitrogens with one attached hydrogen (secondary N) is 1. The number of hydrogen-bond acceptors (Lipinski definition) is 4. The zero-order valence-electron chi connectivity index (χ0n) is 13.2. The molecule has 3 rings (SSSR count). The molecule has 2 aliphatic rings. The molecule has 1 aromatic rings. The van der Waals surface area contributed by atoms with Crippen molar-refractivity contribution in [2.24, 2.45) is 0 Å². The van der Waals surface area contributed by atoms with Crippen LogP contribution in [0.25, 0.3) is 0 Å². The third-order valence-corrected chi connectivity index (χ3v) is 6.34. The maximum absolute atomic E-state index is 5.25. The van der Waals surface area contributed by atoms with Crippen LogP contribution >= 0.6 is 11.3 Å². The largest absolute Gasteiger partial charge is 0.383 e. The van der Waals surface area contributed by atoms with E-state index in [2.05, 4.69) is 5.32 Å². The van der Waals surface area contributed by atoms with Crippen LogP contribution in [0.5, 0.6) is 0 Å². The van der Waals surface area contributed by atoms with Crippen molar-refractivity contribution in [2.75, 3.05) is 20.3 Å². The molecule has 1 N–H and O–H groups in total. The molecule has 0 unspecified atom stereocenters. The Labute approximate surface area is 132 Å². The Balaban J connectivity index is 1.81. The van der Waals surface area contributed by atoms with Gasteiger partial charge in [0.15, 0.2) is 0 Å². The molecule has 0 saturated heterocycles. The van der Waals surface area contributed by atoms with Crippen LogP contribution in [0.1, 0.15) is 66.9 Å². The Morgan fingerprint density at radius 3 is 2.57 bits per heavy atom. The summed E-state index contributed by atoms with van der Waals surface area (Å²) in [5, 5.41) is 5.20. The van der Waals surface area contributed by atoms with E-state index in [1.54, 1.807) is 12.0 Å². The molecule has 0 bridgehead atoms. The van der Waals surface area contributed by atoms with E-state index in [9.17, 15) is 0 Å². The standard InChI is InChI=1S/C17H28N2OS/c1-20-13-12-18-17(10-5-3-2-4-6-11-17)16-19-14-8-7-9-15(14)21-16/h18H,2-13H2,1H3. The molecule has 0 spiro atoms. The number of aromatic nitrogens is 1. The van der Waals surface area contributed by atoms with E-state index in [0.717, 1.165) is 13.2 Å². The van der Waals surface area contributed by atoms with Crippen LogP contribution in [0.15, 0.2) is 0 Å². The maximum Gasteiger partial charge on any atom is 0.113 e. The third-order valence-electron chi connectivity index (χ3n) is 4.98. The summed E-state index contributed by atoms with van der Waals surface area (Å²) < 4.78 is 5.25. The van der Waals surface area contributed by atoms with Gasteiger partial charge in [0.2, 0.25) is 0 Å². The molecule has 118 valence electrons. The van der Waals surface area contributed by atoms with Crippen molar-refractivity contribution in [1.29, 1.82) is 0 Å². The SMILES string of the molecule is COCCNC1(c2nc3c(s2)CCC3)CCCCCCC1. The zero-order valence-corrected chi connectivity index (χ0v) is 14.1. The molecule has 2 aliphatic carbocycles. The first-order chi connectivity index (χ1) is 10.3. The number of hydrogen-bond donors (Lipinski definition) is 1. The highest BCUT2D eigenvalue weighted by molar-refractivity contribution is 7.12. The lowest BCUT2D eigenvalue weighted by atomic mass is 9.84. The molecule has 3 nitrogen and oxygen atoms in total. The normalized spacial score (nSPS) is 21.8. The molecule has 1 aromatic heterocycles. The quantitative estimate of drug-likeness (QED) is 0.840. The van der Waals surface area contributed by atoms with Gasteiger partial charge < -0.3 is 10.1 Å². The van der Waals surface area contributed by atoms with E-state index in [4.69, 9.17) is 9.72 Å². The number of aryl methyl sites for hydroxylation is 2. The van der Waals surface area contributed by atoms with Gasteiger partial charge in [-0.3, -0.25) is 0 Å². The Morgan fingerprint density at radius 1 is 1.10 bits per heavy atom. The van der Waals surface area contributed by atoms with Gasteiger partial charge in [0.05, 0.1) is 17.8 Å². The molecule has 0 aromatic carbocycles. The highest BCUT2D eigenvalue weighted by Gasteiger charge is 2.36. The summed E-state index contributed by atoms with van der Waals surface area (Å²) in [6.45, 7) is 1.72. The van der Waals surface area contributed by atoms with Crippen LogP contribution in [0.2, 0.25) is 0 Å². The van der Waals surface area contributed by atoms with E-state index in [1.807, 2.05) is 11.3 Å². The first-order valence-corrected chi connectivity index (χ1v) is 9.39. The average Bonchev–Trinajstić information content (AvgIpc) is 3.03. The fraction of sp³-hybridized carbons (Fsp3) is 0.824. The molecule has 21 heavy (non-hydrogen) atoms. The fourth-order valence-corrected chi connectivity index (χ4v) is 5.14. The minimum Gasteiger partial charge on any atom is -0.383 e. The maximum atomic E-state index is 5.25. The monoisotopic (exact) mass is 308 g/mol. The summed E-state index contributed by atoms with van der Waals surface area (Å²) in [7, 11) is 1.78. The van der Waals surface area contributed by atoms with E-state index in [-0.39, 0.29) is 5.54 Å². The van der Waals surface area contributed by atoms with Gasteiger partial charge in [0.25, 0.3) is 0 Å². The van der Waals surface area contributed by atoms with Crippen LogP contribution in [0.3, 0.4) is 0 Å². The summed E-state index contributed by atoms with van der Waals surface area (Å²) in [6.07, 6.45) is 13.0. The Hall–Kier alpha value is -0.450. The molecule has 1 heterocycles. The number of nitrogens with zero attached hydrogens (tertiary/aromatic N) is 1. The molecule has 0 atom stereocenters. The number of methoxy groups -OCH3 is 1. The molecular formula is C17H28N2OS. The zero-order chi connectivity index (χ0) is 14.5. The molecule has 1 saturated carbocycles. The van der Waals surface area contributed by atoms with Gasteiger partial charge in [0.1, 0.15) is 5.01 Å². The van der Waals surface area contributed by atoms with Crippen molar-refractivity contribution in [3.63, 3.8) is 0 Å². The van der Waals surface area contributed by atoms with Crippen molar-refractivity contribution >= 4 is 11.3 Å². The first-order valence-electron chi connectivity index (χ1n) is 8.57. The Bertz CT molecular complexity index is 428. The number of ether oxygens (including phenoxy) is 1. The minimum atomic E-state index is 0.119. The smallest absolute Gasteiger partial charge is 0.113 e. The summed E-state index contributed by atoms with van der Waals surface area (Å²) in [5.41, 5.74) is 1.51. The topological polar surface area (TPSA) is 34.1 Å². The van der Waals surface area contributed by atoms with E-state index in [1.165, 1.54) is 74.9 Å². The third kappa shape index (κ3) is 3.49. The fourth-order valence-electron chi connectivity index (χ4n) is 3.76. The summed E-state index contributed by atoms with van der Waals surface area (Å²) in [4.78, 5) is 6.61. The number of thiazole rings is 1. The summed E-state index contributed by atoms with van der Waals surface area (Å²) >= 11 is 1.99. The second kappa shape index (κ2) is 7.21. The molecule has 0 aliphatic heterocycles. The predicted molar refractivity (Wildman–Crippen MR) is 88.0 cm³/mol. The van der Waals surface area contributed by atoms with Gasteiger partial charge in [-0.05, 0) is 32.1 Å². The van der Waals surface area contributed by atoms with Crippen LogP contribution in [0.4, 0.5) is 0 Å². The van der Waals surface area contributed by atoms with Crippen molar-refractivity contribution in [1.82, 2.24) is 10.3 Å². The summed E-state index contributed by atoms with van der Waals surface area (Å²) in [6, 6.07) is 0. The second-order valence-corrected chi connectivity index (χ2v) is 7.60. The van der Waals surface area contributed by atoms with Gasteiger partial charge in [-0.25, -0.2) is 4.98 Å². The predicted octanol–water partition coefficient (Wildman–Crippen LogP) is 3.81. The average molecular weight is 308 g/mol. The highest BCUT2D eigenvalue weighted by atomic mass is 32.1. The highest BCUT2D eigenvalue weighted by Crippen LogP contribution is 2.40. The lowest BCUT2D eigenvalue weighted by Crippen LogP contribution is -2.44. The van der Waals surface area contributed by atoms with E-state index < -0.39 is 0 Å². The van der Waals surface area contributed by atoms with Crippen LogP contribution in [-0.2, 0) is 23.1 Å². The van der Waals surface area contributed by atoms with E-state index >= 15 is 0 Å². The molecule has 1 fully saturated rings. The van der Waals surface area contributed by atoms with Crippen LogP contribution in [0, 0.1) is 0 Å². The first kappa shape index (κ1) is 15.4. The van der Waals surface area contributed by atoms with Crippen molar-refractivity contribution in [3.05, 3.63) is 15.6 Å². The van der Waals surface area contributed by atoms with Gasteiger partial charge in [0, 0.05) is 18.5 Å².